The Labute approximate surface area is 96.0 Å². The lowest BCUT2D eigenvalue weighted by molar-refractivity contribution is 0.0729. The van der Waals surface area contributed by atoms with Crippen molar-refractivity contribution in [1.29, 1.82) is 0 Å². The number of rotatable bonds is 1. The third-order valence-corrected chi connectivity index (χ3v) is 4.08. The molecule has 1 fully saturated rings. The van der Waals surface area contributed by atoms with E-state index >= 15 is 0 Å². The van der Waals surface area contributed by atoms with Crippen LogP contribution in [0.3, 0.4) is 0 Å². The van der Waals surface area contributed by atoms with Gasteiger partial charge in [-0.25, -0.2) is 0 Å². The summed E-state index contributed by atoms with van der Waals surface area (Å²) >= 11 is 5.15. The molecule has 0 radical (unpaired) electrons. The second-order valence-corrected chi connectivity index (χ2v) is 5.55. The van der Waals surface area contributed by atoms with Crippen molar-refractivity contribution >= 4 is 33.2 Å². The van der Waals surface area contributed by atoms with Crippen LogP contribution in [-0.4, -0.2) is 28.7 Å². The van der Waals surface area contributed by atoms with Crippen LogP contribution in [0.1, 0.15) is 23.2 Å². The zero-order chi connectivity index (χ0) is 9.97. The van der Waals surface area contributed by atoms with Crippen LogP contribution < -0.4 is 0 Å². The first-order chi connectivity index (χ1) is 6.77. The lowest BCUT2D eigenvalue weighted by Gasteiger charge is -2.29. The van der Waals surface area contributed by atoms with Crippen molar-refractivity contribution in [3.05, 3.63) is 22.4 Å². The van der Waals surface area contributed by atoms with Gasteiger partial charge >= 0.3 is 0 Å². The van der Waals surface area contributed by atoms with Crippen molar-refractivity contribution in [1.82, 2.24) is 4.90 Å². The molecule has 0 spiro atoms. The van der Waals surface area contributed by atoms with Crippen LogP contribution in [0.25, 0.3) is 0 Å². The minimum Gasteiger partial charge on any atom is -0.339 e. The Bertz CT molecular complexity index is 304. The van der Waals surface area contributed by atoms with Gasteiger partial charge in [0, 0.05) is 23.3 Å². The van der Waals surface area contributed by atoms with Gasteiger partial charge in [-0.05, 0) is 24.3 Å². The Morgan fingerprint density at radius 2 is 2.21 bits per heavy atom. The average molecular weight is 274 g/mol. The molecule has 0 aromatic carbocycles. The Kier molecular flexibility index (Phi) is 3.23. The van der Waals surface area contributed by atoms with Crippen molar-refractivity contribution in [2.45, 2.75) is 17.7 Å². The second kappa shape index (κ2) is 4.45. The summed E-state index contributed by atoms with van der Waals surface area (Å²) in [5, 5.41) is 3.87. The largest absolute Gasteiger partial charge is 0.339 e. The molecule has 2 heterocycles. The minimum absolute atomic E-state index is 0.186. The number of nitrogens with zero attached hydrogens (tertiary/aromatic N) is 1. The SMILES string of the molecule is O=C(c1ccsc1)N1CCC(Br)CC1. The van der Waals surface area contributed by atoms with Crippen molar-refractivity contribution < 1.29 is 4.79 Å². The number of carbonyl (C=O) groups is 1. The fourth-order valence-corrected chi connectivity index (χ4v) is 2.66. The molecule has 1 amide bonds. The molecule has 0 N–H and O–H groups in total. The summed E-state index contributed by atoms with van der Waals surface area (Å²) in [6.07, 6.45) is 2.13. The number of hydrogen-bond acceptors (Lipinski definition) is 2. The predicted molar refractivity (Wildman–Crippen MR) is 62.2 cm³/mol. The molecule has 0 atom stereocenters. The summed E-state index contributed by atoms with van der Waals surface area (Å²) in [5.41, 5.74) is 0.836. The lowest BCUT2D eigenvalue weighted by atomic mass is 10.1. The molecule has 76 valence electrons. The Morgan fingerprint density at radius 1 is 1.50 bits per heavy atom. The fourth-order valence-electron chi connectivity index (χ4n) is 1.62. The van der Waals surface area contributed by atoms with E-state index in [0.717, 1.165) is 31.5 Å². The molecule has 0 saturated carbocycles. The molecule has 1 aromatic heterocycles. The number of likely N-dealkylation sites (tertiary alicyclic amines) is 1. The van der Waals surface area contributed by atoms with Crippen LogP contribution in [-0.2, 0) is 0 Å². The van der Waals surface area contributed by atoms with E-state index < -0.39 is 0 Å². The van der Waals surface area contributed by atoms with E-state index in [1.807, 2.05) is 21.7 Å². The summed E-state index contributed by atoms with van der Waals surface area (Å²) in [5.74, 6) is 0.186. The third-order valence-electron chi connectivity index (χ3n) is 2.48. The van der Waals surface area contributed by atoms with Crippen molar-refractivity contribution in [2.75, 3.05) is 13.1 Å². The molecule has 0 aliphatic carbocycles. The topological polar surface area (TPSA) is 20.3 Å². The third kappa shape index (κ3) is 2.17. The van der Waals surface area contributed by atoms with Gasteiger partial charge < -0.3 is 4.90 Å². The Hall–Kier alpha value is -0.350. The van der Waals surface area contributed by atoms with Crippen LogP contribution >= 0.6 is 27.3 Å². The van der Waals surface area contributed by atoms with Crippen LogP contribution in [0.2, 0.25) is 0 Å². The average Bonchev–Trinajstić information content (AvgIpc) is 2.71. The van der Waals surface area contributed by atoms with Gasteiger partial charge in [0.25, 0.3) is 5.91 Å². The van der Waals surface area contributed by atoms with Crippen LogP contribution in [0.15, 0.2) is 16.8 Å². The van der Waals surface area contributed by atoms with Gasteiger partial charge in [0.2, 0.25) is 0 Å². The summed E-state index contributed by atoms with van der Waals surface area (Å²) in [6.45, 7) is 1.76. The number of amides is 1. The fraction of sp³-hybridized carbons (Fsp3) is 0.500. The number of alkyl halides is 1. The number of hydrogen-bond donors (Lipinski definition) is 0. The molecule has 1 saturated heterocycles. The predicted octanol–water partition coefficient (Wildman–Crippen LogP) is 2.75. The highest BCUT2D eigenvalue weighted by molar-refractivity contribution is 9.09. The summed E-state index contributed by atoms with van der Waals surface area (Å²) in [6, 6.07) is 1.90. The number of thiophene rings is 1. The van der Waals surface area contributed by atoms with Gasteiger partial charge in [-0.3, -0.25) is 4.79 Å². The second-order valence-electron chi connectivity index (χ2n) is 3.48. The summed E-state index contributed by atoms with van der Waals surface area (Å²) in [4.78, 5) is 14.4. The number of piperidine rings is 1. The maximum absolute atomic E-state index is 11.9. The smallest absolute Gasteiger partial charge is 0.254 e. The quantitative estimate of drug-likeness (QED) is 0.721. The van der Waals surface area contributed by atoms with Gasteiger partial charge in [-0.15, -0.1) is 0 Å². The molecule has 1 aromatic rings. The van der Waals surface area contributed by atoms with Crippen LogP contribution in [0.5, 0.6) is 0 Å². The number of halogens is 1. The van der Waals surface area contributed by atoms with Gasteiger partial charge in [0.1, 0.15) is 0 Å². The van der Waals surface area contributed by atoms with Crippen LogP contribution in [0, 0.1) is 0 Å². The van der Waals surface area contributed by atoms with E-state index in [1.165, 1.54) is 0 Å². The zero-order valence-electron chi connectivity index (χ0n) is 7.78. The zero-order valence-corrected chi connectivity index (χ0v) is 10.2. The molecule has 0 bridgehead atoms. The van der Waals surface area contributed by atoms with Crippen molar-refractivity contribution in [2.24, 2.45) is 0 Å². The molecular weight excluding hydrogens is 262 g/mol. The highest BCUT2D eigenvalue weighted by atomic mass is 79.9. The standard InChI is InChI=1S/C10H12BrNOS/c11-9-1-4-12(5-2-9)10(13)8-3-6-14-7-8/h3,6-7,9H,1-2,4-5H2. The first-order valence-electron chi connectivity index (χ1n) is 4.73. The number of carbonyl (C=O) groups excluding carboxylic acids is 1. The van der Waals surface area contributed by atoms with E-state index in [1.54, 1.807) is 11.3 Å². The van der Waals surface area contributed by atoms with Crippen LogP contribution in [0.4, 0.5) is 0 Å². The van der Waals surface area contributed by atoms with Gasteiger partial charge in [0.05, 0.1) is 5.56 Å². The van der Waals surface area contributed by atoms with Gasteiger partial charge in [-0.1, -0.05) is 15.9 Å². The molecule has 2 rings (SSSR count). The van der Waals surface area contributed by atoms with E-state index in [0.29, 0.717) is 4.83 Å². The van der Waals surface area contributed by atoms with Crippen molar-refractivity contribution in [3.63, 3.8) is 0 Å². The molecule has 0 unspecified atom stereocenters. The highest BCUT2D eigenvalue weighted by Crippen LogP contribution is 2.19. The van der Waals surface area contributed by atoms with E-state index in [4.69, 9.17) is 0 Å². The van der Waals surface area contributed by atoms with Gasteiger partial charge in [0.15, 0.2) is 0 Å². The molecule has 2 nitrogen and oxygen atoms in total. The molecule has 1 aliphatic heterocycles. The van der Waals surface area contributed by atoms with Crippen molar-refractivity contribution in [3.8, 4) is 0 Å². The van der Waals surface area contributed by atoms with Gasteiger partial charge in [-0.2, -0.15) is 11.3 Å². The Balaban J connectivity index is 1.99. The normalized spacial score (nSPS) is 18.5. The highest BCUT2D eigenvalue weighted by Gasteiger charge is 2.21. The van der Waals surface area contributed by atoms with E-state index in [9.17, 15) is 4.79 Å². The monoisotopic (exact) mass is 273 g/mol. The molecule has 4 heteroatoms. The van der Waals surface area contributed by atoms with E-state index in [-0.39, 0.29) is 5.91 Å². The minimum atomic E-state index is 0.186. The lowest BCUT2D eigenvalue weighted by Crippen LogP contribution is -2.38. The molecular formula is C10H12BrNOS. The maximum Gasteiger partial charge on any atom is 0.254 e. The summed E-state index contributed by atoms with van der Waals surface area (Å²) < 4.78 is 0. The summed E-state index contributed by atoms with van der Waals surface area (Å²) in [7, 11) is 0. The van der Waals surface area contributed by atoms with E-state index in [2.05, 4.69) is 15.9 Å². The first-order valence-corrected chi connectivity index (χ1v) is 6.59. The Morgan fingerprint density at radius 3 is 2.79 bits per heavy atom. The molecule has 14 heavy (non-hydrogen) atoms. The molecule has 1 aliphatic rings. The first kappa shape index (κ1) is 10.2. The maximum atomic E-state index is 11.9.